The summed E-state index contributed by atoms with van der Waals surface area (Å²) in [5.74, 6) is -1.79. The number of rotatable bonds is 3. The number of esters is 1. The van der Waals surface area contributed by atoms with Crippen LogP contribution >= 0.6 is 27.5 Å². The molecule has 2 spiro atoms. The summed E-state index contributed by atoms with van der Waals surface area (Å²) < 4.78 is 33.3. The molecule has 3 aliphatic carbocycles. The molecule has 5 fully saturated rings. The standard InChI is InChI=1S/C21H23BrClN3O6/c1-2-28-17(27)19-4-3-18(11-21(19)31-9-10-32-21,20(12-19)29-7-8-30-20)16-25-14(22)13-15(23)24-5-6-26(13)16/h5-6H,2-4,7-12H2,1H3. The van der Waals surface area contributed by atoms with Crippen molar-refractivity contribution >= 4 is 39.0 Å². The highest BCUT2D eigenvalue weighted by molar-refractivity contribution is 9.10. The van der Waals surface area contributed by atoms with Gasteiger partial charge in [-0.05, 0) is 35.7 Å². The largest absolute Gasteiger partial charge is 0.465 e. The van der Waals surface area contributed by atoms with Crippen LogP contribution in [0, 0.1) is 5.41 Å². The number of imidazole rings is 1. The maximum Gasteiger partial charge on any atom is 0.317 e. The van der Waals surface area contributed by atoms with Crippen LogP contribution in [0.3, 0.4) is 0 Å². The molecule has 2 saturated heterocycles. The molecule has 2 bridgehead atoms. The van der Waals surface area contributed by atoms with Gasteiger partial charge in [-0.1, -0.05) is 11.6 Å². The molecular formula is C21H23BrClN3O6. The Bertz CT molecular complexity index is 1100. The third kappa shape index (κ3) is 2.46. The summed E-state index contributed by atoms with van der Waals surface area (Å²) in [6.45, 7) is 3.77. The van der Waals surface area contributed by atoms with Crippen molar-refractivity contribution in [3.63, 3.8) is 0 Å². The summed E-state index contributed by atoms with van der Waals surface area (Å²) in [7, 11) is 0. The second-order valence-electron chi connectivity index (χ2n) is 8.80. The Morgan fingerprint density at radius 2 is 1.84 bits per heavy atom. The van der Waals surface area contributed by atoms with Crippen molar-refractivity contribution in [2.45, 2.75) is 49.6 Å². The Morgan fingerprint density at radius 1 is 1.16 bits per heavy atom. The van der Waals surface area contributed by atoms with E-state index in [1.807, 2.05) is 10.6 Å². The molecule has 3 saturated carbocycles. The quantitative estimate of drug-likeness (QED) is 0.562. The first-order chi connectivity index (χ1) is 15.4. The summed E-state index contributed by atoms with van der Waals surface area (Å²) in [5, 5.41) is 0.340. The Morgan fingerprint density at radius 3 is 2.53 bits per heavy atom. The van der Waals surface area contributed by atoms with Crippen molar-refractivity contribution in [3.05, 3.63) is 28.0 Å². The van der Waals surface area contributed by atoms with Crippen molar-refractivity contribution in [2.24, 2.45) is 5.41 Å². The van der Waals surface area contributed by atoms with Crippen LogP contribution in [0.25, 0.3) is 5.52 Å². The first kappa shape index (κ1) is 21.2. The molecule has 5 aliphatic rings. The summed E-state index contributed by atoms with van der Waals surface area (Å²) in [5.41, 5.74) is -1.08. The normalized spacial score (nSPS) is 32.3. The van der Waals surface area contributed by atoms with Crippen molar-refractivity contribution < 1.29 is 28.5 Å². The fraction of sp³-hybridized carbons (Fsp3) is 0.667. The minimum Gasteiger partial charge on any atom is -0.465 e. The molecule has 2 aromatic heterocycles. The lowest BCUT2D eigenvalue weighted by Gasteiger charge is -2.64. The van der Waals surface area contributed by atoms with Crippen molar-refractivity contribution in [3.8, 4) is 0 Å². The van der Waals surface area contributed by atoms with E-state index in [4.69, 9.17) is 40.3 Å². The molecule has 32 heavy (non-hydrogen) atoms. The van der Waals surface area contributed by atoms with Crippen LogP contribution in [-0.4, -0.2) is 64.9 Å². The van der Waals surface area contributed by atoms with Gasteiger partial charge in [0.25, 0.3) is 0 Å². The number of carbonyl (C=O) groups is 1. The highest BCUT2D eigenvalue weighted by Gasteiger charge is 2.80. The minimum absolute atomic E-state index is 0.268. The monoisotopic (exact) mass is 527 g/mol. The molecule has 2 atom stereocenters. The van der Waals surface area contributed by atoms with E-state index in [0.29, 0.717) is 61.0 Å². The predicted octanol–water partition coefficient (Wildman–Crippen LogP) is 3.01. The molecule has 9 nitrogen and oxygen atoms in total. The topological polar surface area (TPSA) is 93.4 Å². The van der Waals surface area contributed by atoms with Gasteiger partial charge in [0.15, 0.2) is 16.7 Å². The number of fused-ring (bicyclic) bond motifs is 2. The number of halogens is 2. The van der Waals surface area contributed by atoms with Crippen LogP contribution in [-0.2, 0) is 33.9 Å². The summed E-state index contributed by atoms with van der Waals surface area (Å²) in [4.78, 5) is 22.5. The second kappa shape index (κ2) is 7.10. The van der Waals surface area contributed by atoms with E-state index in [-0.39, 0.29) is 19.0 Å². The van der Waals surface area contributed by atoms with E-state index >= 15 is 0 Å². The third-order valence-electron chi connectivity index (χ3n) is 7.58. The first-order valence-corrected chi connectivity index (χ1v) is 12.0. The van der Waals surface area contributed by atoms with Crippen LogP contribution in [0.1, 0.15) is 38.4 Å². The fourth-order valence-electron chi connectivity index (χ4n) is 6.31. The van der Waals surface area contributed by atoms with Gasteiger partial charge >= 0.3 is 5.97 Å². The molecule has 2 aliphatic heterocycles. The number of carbonyl (C=O) groups excluding carboxylic acids is 1. The Balaban J connectivity index is 1.59. The lowest BCUT2D eigenvalue weighted by molar-refractivity contribution is -0.364. The number of nitrogens with zero attached hydrogens (tertiary/aromatic N) is 3. The molecule has 0 amide bonds. The molecule has 2 aromatic rings. The zero-order valence-corrected chi connectivity index (χ0v) is 19.9. The number of hydrogen-bond acceptors (Lipinski definition) is 8. The number of hydrogen-bond donors (Lipinski definition) is 0. The summed E-state index contributed by atoms with van der Waals surface area (Å²) in [6, 6.07) is 0. The van der Waals surface area contributed by atoms with E-state index in [9.17, 15) is 4.79 Å². The Labute approximate surface area is 197 Å². The molecule has 172 valence electrons. The molecule has 4 heterocycles. The van der Waals surface area contributed by atoms with Gasteiger partial charge in [-0.15, -0.1) is 0 Å². The lowest BCUT2D eigenvalue weighted by atomic mass is 9.47. The van der Waals surface area contributed by atoms with E-state index < -0.39 is 22.4 Å². The molecule has 0 radical (unpaired) electrons. The van der Waals surface area contributed by atoms with E-state index in [1.165, 1.54) is 0 Å². The average Bonchev–Trinajstić information content (AvgIpc) is 3.51. The van der Waals surface area contributed by atoms with Gasteiger partial charge in [-0.3, -0.25) is 9.20 Å². The molecule has 7 rings (SSSR count). The van der Waals surface area contributed by atoms with Crippen LogP contribution < -0.4 is 0 Å². The van der Waals surface area contributed by atoms with Crippen LogP contribution in [0.15, 0.2) is 17.0 Å². The van der Waals surface area contributed by atoms with E-state index in [0.717, 1.165) is 5.82 Å². The fourth-order valence-corrected chi connectivity index (χ4v) is 7.21. The van der Waals surface area contributed by atoms with Crippen molar-refractivity contribution in [2.75, 3.05) is 33.0 Å². The minimum atomic E-state index is -1.13. The SMILES string of the molecule is CCOC(=O)C12CCC(c3nc(Br)c4c(Cl)nccn34)(CC13OCCO3)C1(C2)OCCO1. The average molecular weight is 529 g/mol. The summed E-state index contributed by atoms with van der Waals surface area (Å²) in [6.07, 6.45) is 5.18. The van der Waals surface area contributed by atoms with Gasteiger partial charge in [0.1, 0.15) is 21.4 Å². The lowest BCUT2D eigenvalue weighted by Crippen LogP contribution is -2.75. The molecule has 11 heteroatoms. The third-order valence-corrected chi connectivity index (χ3v) is 8.40. The van der Waals surface area contributed by atoms with Crippen LogP contribution in [0.2, 0.25) is 5.15 Å². The second-order valence-corrected chi connectivity index (χ2v) is 9.91. The number of ether oxygens (including phenoxy) is 5. The first-order valence-electron chi connectivity index (χ1n) is 10.8. The zero-order chi connectivity index (χ0) is 22.2. The smallest absolute Gasteiger partial charge is 0.317 e. The maximum absolute atomic E-state index is 13.4. The van der Waals surface area contributed by atoms with Gasteiger partial charge in [0.2, 0.25) is 0 Å². The van der Waals surface area contributed by atoms with Gasteiger partial charge in [0, 0.05) is 25.2 Å². The molecule has 0 N–H and O–H groups in total. The van der Waals surface area contributed by atoms with Gasteiger partial charge in [-0.25, -0.2) is 9.97 Å². The highest BCUT2D eigenvalue weighted by Crippen LogP contribution is 2.70. The molecule has 2 unspecified atom stereocenters. The van der Waals surface area contributed by atoms with Crippen LogP contribution in [0.5, 0.6) is 0 Å². The Kier molecular flexibility index (Phi) is 4.71. The predicted molar refractivity (Wildman–Crippen MR) is 114 cm³/mol. The van der Waals surface area contributed by atoms with Gasteiger partial charge in [0.05, 0.1) is 38.4 Å². The van der Waals surface area contributed by atoms with Gasteiger partial charge in [-0.2, -0.15) is 0 Å². The molecular weight excluding hydrogens is 506 g/mol. The van der Waals surface area contributed by atoms with Crippen molar-refractivity contribution in [1.29, 1.82) is 0 Å². The molecule has 0 aromatic carbocycles. The van der Waals surface area contributed by atoms with E-state index in [2.05, 4.69) is 20.9 Å². The number of aromatic nitrogens is 3. The maximum atomic E-state index is 13.4. The van der Waals surface area contributed by atoms with Crippen LogP contribution in [0.4, 0.5) is 0 Å². The Hall–Kier alpha value is -1.30. The zero-order valence-electron chi connectivity index (χ0n) is 17.6. The summed E-state index contributed by atoms with van der Waals surface area (Å²) >= 11 is 9.96. The van der Waals surface area contributed by atoms with Crippen molar-refractivity contribution in [1.82, 2.24) is 14.4 Å². The van der Waals surface area contributed by atoms with E-state index in [1.54, 1.807) is 13.1 Å². The highest BCUT2D eigenvalue weighted by atomic mass is 79.9. The van der Waals surface area contributed by atoms with Gasteiger partial charge < -0.3 is 23.7 Å².